The van der Waals surface area contributed by atoms with E-state index in [9.17, 15) is 9.18 Å². The largest absolute Gasteiger partial charge is 0.444 e. The van der Waals surface area contributed by atoms with Crippen molar-refractivity contribution in [3.63, 3.8) is 0 Å². The molecule has 1 amide bonds. The smallest absolute Gasteiger partial charge is 0.410 e. The van der Waals surface area contributed by atoms with Crippen molar-refractivity contribution in [3.8, 4) is 0 Å². The lowest BCUT2D eigenvalue weighted by Crippen LogP contribution is -2.46. The molecule has 4 nitrogen and oxygen atoms in total. The summed E-state index contributed by atoms with van der Waals surface area (Å²) in [5.41, 5.74) is 0.256. The quantitative estimate of drug-likeness (QED) is 0.905. The molecule has 1 atom stereocenters. The van der Waals surface area contributed by atoms with Crippen molar-refractivity contribution >= 4 is 11.8 Å². The van der Waals surface area contributed by atoms with Crippen LogP contribution in [0.3, 0.4) is 0 Å². The number of piperidine rings is 1. The van der Waals surface area contributed by atoms with E-state index in [0.717, 1.165) is 18.5 Å². The average Bonchev–Trinajstić information content (AvgIpc) is 2.37. The summed E-state index contributed by atoms with van der Waals surface area (Å²) in [5, 5.41) is 3.28. The lowest BCUT2D eigenvalue weighted by Gasteiger charge is -2.34. The Morgan fingerprint density at radius 3 is 2.86 bits per heavy atom. The Labute approximate surface area is 125 Å². The number of amides is 1. The average molecular weight is 294 g/mol. The van der Waals surface area contributed by atoms with Gasteiger partial charge in [0.25, 0.3) is 0 Å². The zero-order valence-electron chi connectivity index (χ0n) is 12.9. The summed E-state index contributed by atoms with van der Waals surface area (Å²) in [7, 11) is 0. The third kappa shape index (κ3) is 4.92. The van der Waals surface area contributed by atoms with Gasteiger partial charge in [0.15, 0.2) is 0 Å². The van der Waals surface area contributed by atoms with Gasteiger partial charge < -0.3 is 15.0 Å². The number of hydrogen-bond acceptors (Lipinski definition) is 3. The number of nitrogens with zero attached hydrogens (tertiary/aromatic N) is 1. The molecule has 2 rings (SSSR count). The van der Waals surface area contributed by atoms with Crippen LogP contribution in [0, 0.1) is 5.82 Å². The minimum absolute atomic E-state index is 0.119. The Morgan fingerprint density at radius 1 is 1.43 bits per heavy atom. The molecule has 1 aromatic carbocycles. The van der Waals surface area contributed by atoms with Crippen molar-refractivity contribution in [2.45, 2.75) is 45.3 Å². The molecule has 1 heterocycles. The predicted molar refractivity (Wildman–Crippen MR) is 80.9 cm³/mol. The highest BCUT2D eigenvalue weighted by Gasteiger charge is 2.27. The zero-order chi connectivity index (χ0) is 15.5. The second-order valence-electron chi connectivity index (χ2n) is 6.42. The molecule has 1 fully saturated rings. The Kier molecular flexibility index (Phi) is 4.70. The summed E-state index contributed by atoms with van der Waals surface area (Å²) in [6, 6.07) is 6.50. The van der Waals surface area contributed by atoms with E-state index in [0.29, 0.717) is 13.1 Å². The van der Waals surface area contributed by atoms with E-state index in [4.69, 9.17) is 4.74 Å². The van der Waals surface area contributed by atoms with Crippen LogP contribution in [-0.4, -0.2) is 35.7 Å². The Hall–Kier alpha value is -1.78. The topological polar surface area (TPSA) is 41.6 Å². The van der Waals surface area contributed by atoms with E-state index < -0.39 is 5.60 Å². The molecule has 0 aromatic heterocycles. The van der Waals surface area contributed by atoms with Crippen LogP contribution in [0.4, 0.5) is 14.9 Å². The van der Waals surface area contributed by atoms with Crippen LogP contribution in [-0.2, 0) is 4.74 Å². The molecule has 1 unspecified atom stereocenters. The Bertz CT molecular complexity index is 499. The highest BCUT2D eigenvalue weighted by atomic mass is 19.1. The second-order valence-corrected chi connectivity index (χ2v) is 6.42. The highest BCUT2D eigenvalue weighted by Crippen LogP contribution is 2.19. The molecule has 1 N–H and O–H groups in total. The minimum Gasteiger partial charge on any atom is -0.444 e. The summed E-state index contributed by atoms with van der Waals surface area (Å²) >= 11 is 0. The van der Waals surface area contributed by atoms with Crippen LogP contribution in [0.5, 0.6) is 0 Å². The molecule has 21 heavy (non-hydrogen) atoms. The number of likely N-dealkylation sites (tertiary alicyclic amines) is 1. The van der Waals surface area contributed by atoms with Crippen LogP contribution in [0.1, 0.15) is 33.6 Å². The van der Waals surface area contributed by atoms with Crippen LogP contribution in [0.2, 0.25) is 0 Å². The summed E-state index contributed by atoms with van der Waals surface area (Å²) in [5.74, 6) is -0.264. The van der Waals surface area contributed by atoms with E-state index in [1.165, 1.54) is 12.1 Å². The van der Waals surface area contributed by atoms with Crippen LogP contribution in [0.25, 0.3) is 0 Å². The van der Waals surface area contributed by atoms with E-state index in [1.54, 1.807) is 11.0 Å². The van der Waals surface area contributed by atoms with E-state index >= 15 is 0 Å². The van der Waals surface area contributed by atoms with Crippen molar-refractivity contribution in [1.82, 2.24) is 4.90 Å². The summed E-state index contributed by atoms with van der Waals surface area (Å²) in [4.78, 5) is 13.8. The molecule has 0 saturated carbocycles. The standard InChI is InChI=1S/C16H23FN2O2/c1-16(2,3)21-15(20)19-9-5-8-14(11-19)18-13-7-4-6-12(17)10-13/h4,6-7,10,14,18H,5,8-9,11H2,1-3H3. The molecule has 1 aromatic rings. The fourth-order valence-corrected chi connectivity index (χ4v) is 2.40. The maximum Gasteiger partial charge on any atom is 0.410 e. The minimum atomic E-state index is -0.486. The lowest BCUT2D eigenvalue weighted by molar-refractivity contribution is 0.0206. The van der Waals surface area contributed by atoms with Gasteiger partial charge in [0.2, 0.25) is 0 Å². The molecule has 0 spiro atoms. The van der Waals surface area contributed by atoms with Gasteiger partial charge in [-0.15, -0.1) is 0 Å². The SMILES string of the molecule is CC(C)(C)OC(=O)N1CCCC(Nc2cccc(F)c2)C1. The number of halogens is 1. The predicted octanol–water partition coefficient (Wildman–Crippen LogP) is 3.64. The first kappa shape index (κ1) is 15.6. The van der Waals surface area contributed by atoms with Gasteiger partial charge in [0.05, 0.1) is 0 Å². The number of anilines is 1. The summed E-state index contributed by atoms with van der Waals surface area (Å²) < 4.78 is 18.6. The van der Waals surface area contributed by atoms with Crippen molar-refractivity contribution < 1.29 is 13.9 Å². The Balaban J connectivity index is 1.93. The van der Waals surface area contributed by atoms with Crippen molar-refractivity contribution in [2.75, 3.05) is 18.4 Å². The maximum atomic E-state index is 13.2. The second kappa shape index (κ2) is 6.33. The molecule has 1 aliphatic heterocycles. The van der Waals surface area contributed by atoms with Gasteiger partial charge in [-0.3, -0.25) is 0 Å². The van der Waals surface area contributed by atoms with Crippen LogP contribution >= 0.6 is 0 Å². The Morgan fingerprint density at radius 2 is 2.19 bits per heavy atom. The number of rotatable bonds is 2. The van der Waals surface area contributed by atoms with Gasteiger partial charge in [0.1, 0.15) is 11.4 Å². The molecule has 116 valence electrons. The molecule has 0 bridgehead atoms. The van der Waals surface area contributed by atoms with Gasteiger partial charge in [-0.05, 0) is 51.8 Å². The van der Waals surface area contributed by atoms with Crippen LogP contribution in [0.15, 0.2) is 24.3 Å². The molecule has 0 aliphatic carbocycles. The van der Waals surface area contributed by atoms with E-state index in [-0.39, 0.29) is 18.0 Å². The number of carbonyl (C=O) groups is 1. The van der Waals surface area contributed by atoms with Gasteiger partial charge in [-0.25, -0.2) is 9.18 Å². The van der Waals surface area contributed by atoms with Crippen molar-refractivity contribution in [3.05, 3.63) is 30.1 Å². The summed E-state index contributed by atoms with van der Waals surface area (Å²) in [6.07, 6.45) is 1.58. The first-order chi connectivity index (χ1) is 9.83. The highest BCUT2D eigenvalue weighted by molar-refractivity contribution is 5.68. The number of ether oxygens (including phenoxy) is 1. The maximum absolute atomic E-state index is 13.2. The zero-order valence-corrected chi connectivity index (χ0v) is 12.9. The van der Waals surface area contributed by atoms with Gasteiger partial charge in [-0.2, -0.15) is 0 Å². The third-order valence-electron chi connectivity index (χ3n) is 3.27. The molecule has 1 aliphatic rings. The normalized spacial score (nSPS) is 19.2. The number of carbonyl (C=O) groups excluding carboxylic acids is 1. The first-order valence-corrected chi connectivity index (χ1v) is 7.33. The molecule has 5 heteroatoms. The van der Waals surface area contributed by atoms with Gasteiger partial charge >= 0.3 is 6.09 Å². The van der Waals surface area contributed by atoms with E-state index in [2.05, 4.69) is 5.32 Å². The fraction of sp³-hybridized carbons (Fsp3) is 0.562. The number of benzene rings is 1. The fourth-order valence-electron chi connectivity index (χ4n) is 2.40. The van der Waals surface area contributed by atoms with Crippen LogP contribution < -0.4 is 5.32 Å². The molecule has 0 radical (unpaired) electrons. The lowest BCUT2D eigenvalue weighted by atomic mass is 10.1. The van der Waals surface area contributed by atoms with Crippen molar-refractivity contribution in [2.24, 2.45) is 0 Å². The molecular formula is C16H23FN2O2. The monoisotopic (exact) mass is 294 g/mol. The van der Waals surface area contributed by atoms with Crippen molar-refractivity contribution in [1.29, 1.82) is 0 Å². The van der Waals surface area contributed by atoms with Gasteiger partial charge in [0, 0.05) is 24.8 Å². The number of hydrogen-bond donors (Lipinski definition) is 1. The van der Waals surface area contributed by atoms with E-state index in [1.807, 2.05) is 26.8 Å². The molecular weight excluding hydrogens is 271 g/mol. The number of nitrogens with one attached hydrogen (secondary N) is 1. The summed E-state index contributed by atoms with van der Waals surface area (Å²) in [6.45, 7) is 6.85. The first-order valence-electron chi connectivity index (χ1n) is 7.33. The van der Waals surface area contributed by atoms with Gasteiger partial charge in [-0.1, -0.05) is 6.07 Å². The third-order valence-corrected chi connectivity index (χ3v) is 3.27. The molecule has 1 saturated heterocycles.